The van der Waals surface area contributed by atoms with E-state index in [0.29, 0.717) is 0 Å². The molecule has 0 aliphatic carbocycles. The monoisotopic (exact) mass is 186 g/mol. The molecule has 1 nitrogen and oxygen atoms in total. The van der Waals surface area contributed by atoms with Crippen LogP contribution in [0.15, 0.2) is 41.0 Å². The summed E-state index contributed by atoms with van der Waals surface area (Å²) in [5.74, 6) is 1.00. The van der Waals surface area contributed by atoms with Crippen molar-refractivity contribution >= 4 is 0 Å². The Kier molecular flexibility index (Phi) is 2.40. The summed E-state index contributed by atoms with van der Waals surface area (Å²) in [5, 5.41) is 0. The SMILES string of the molecule is CCc1coc(-c2ccccc2)c1C. The Morgan fingerprint density at radius 1 is 1.14 bits per heavy atom. The lowest BCUT2D eigenvalue weighted by Crippen LogP contribution is -1.81. The van der Waals surface area contributed by atoms with Gasteiger partial charge in [0.05, 0.1) is 6.26 Å². The maximum Gasteiger partial charge on any atom is 0.137 e. The molecule has 0 amide bonds. The van der Waals surface area contributed by atoms with Gasteiger partial charge in [0.15, 0.2) is 0 Å². The predicted octanol–water partition coefficient (Wildman–Crippen LogP) is 3.82. The Morgan fingerprint density at radius 2 is 1.86 bits per heavy atom. The largest absolute Gasteiger partial charge is 0.464 e. The van der Waals surface area contributed by atoms with Crippen LogP contribution in [0, 0.1) is 6.92 Å². The number of benzene rings is 1. The number of hydrogen-bond acceptors (Lipinski definition) is 1. The molecule has 0 N–H and O–H groups in total. The minimum atomic E-state index is 1.00. The number of furan rings is 1. The van der Waals surface area contributed by atoms with Crippen molar-refractivity contribution in [3.8, 4) is 11.3 Å². The summed E-state index contributed by atoms with van der Waals surface area (Å²) < 4.78 is 5.57. The van der Waals surface area contributed by atoms with Crippen LogP contribution in [0.1, 0.15) is 18.1 Å². The normalized spacial score (nSPS) is 10.4. The molecule has 0 fully saturated rings. The first-order valence-electron chi connectivity index (χ1n) is 4.95. The smallest absolute Gasteiger partial charge is 0.137 e. The Balaban J connectivity index is 2.48. The van der Waals surface area contributed by atoms with Crippen molar-refractivity contribution < 1.29 is 4.42 Å². The van der Waals surface area contributed by atoms with E-state index in [1.807, 2.05) is 24.5 Å². The third kappa shape index (κ3) is 1.46. The molecular formula is C13H14O. The summed E-state index contributed by atoms with van der Waals surface area (Å²) in [4.78, 5) is 0. The van der Waals surface area contributed by atoms with Gasteiger partial charge in [0.25, 0.3) is 0 Å². The van der Waals surface area contributed by atoms with Crippen molar-refractivity contribution in [2.75, 3.05) is 0 Å². The average molecular weight is 186 g/mol. The molecule has 0 atom stereocenters. The van der Waals surface area contributed by atoms with Crippen LogP contribution in [-0.2, 0) is 6.42 Å². The van der Waals surface area contributed by atoms with Gasteiger partial charge in [-0.15, -0.1) is 0 Å². The quantitative estimate of drug-likeness (QED) is 0.695. The molecule has 0 radical (unpaired) electrons. The van der Waals surface area contributed by atoms with Crippen molar-refractivity contribution in [1.82, 2.24) is 0 Å². The Labute approximate surface area is 84.4 Å². The standard InChI is InChI=1S/C13H14O/c1-3-11-9-14-13(10(11)2)12-7-5-4-6-8-12/h4-9H,3H2,1-2H3. The molecule has 2 aromatic rings. The highest BCUT2D eigenvalue weighted by atomic mass is 16.3. The van der Waals surface area contributed by atoms with E-state index in [4.69, 9.17) is 4.42 Å². The second kappa shape index (κ2) is 3.70. The fourth-order valence-electron chi connectivity index (χ4n) is 1.68. The highest BCUT2D eigenvalue weighted by Crippen LogP contribution is 2.27. The van der Waals surface area contributed by atoms with Crippen molar-refractivity contribution in [2.45, 2.75) is 20.3 Å². The Morgan fingerprint density at radius 3 is 2.43 bits per heavy atom. The van der Waals surface area contributed by atoms with E-state index in [1.165, 1.54) is 11.1 Å². The summed E-state index contributed by atoms with van der Waals surface area (Å²) in [6.07, 6.45) is 2.89. The topological polar surface area (TPSA) is 13.1 Å². The van der Waals surface area contributed by atoms with Crippen molar-refractivity contribution in [2.24, 2.45) is 0 Å². The molecule has 0 saturated heterocycles. The Bertz CT molecular complexity index is 412. The second-order valence-electron chi connectivity index (χ2n) is 3.43. The Hall–Kier alpha value is -1.50. The molecule has 1 heteroatoms. The lowest BCUT2D eigenvalue weighted by Gasteiger charge is -1.98. The third-order valence-electron chi connectivity index (χ3n) is 2.56. The lowest BCUT2D eigenvalue weighted by molar-refractivity contribution is 0.578. The van der Waals surface area contributed by atoms with Crippen LogP contribution >= 0.6 is 0 Å². The zero-order chi connectivity index (χ0) is 9.97. The first kappa shape index (κ1) is 9.07. The molecule has 0 aliphatic rings. The lowest BCUT2D eigenvalue weighted by atomic mass is 10.1. The average Bonchev–Trinajstić information content (AvgIpc) is 2.61. The van der Waals surface area contributed by atoms with E-state index in [9.17, 15) is 0 Å². The van der Waals surface area contributed by atoms with Gasteiger partial charge < -0.3 is 4.42 Å². The molecular weight excluding hydrogens is 172 g/mol. The first-order valence-corrected chi connectivity index (χ1v) is 4.95. The van der Waals surface area contributed by atoms with Gasteiger partial charge in [0.2, 0.25) is 0 Å². The van der Waals surface area contributed by atoms with Crippen LogP contribution in [0.4, 0.5) is 0 Å². The molecule has 72 valence electrons. The number of hydrogen-bond donors (Lipinski definition) is 0. The fraction of sp³-hybridized carbons (Fsp3) is 0.231. The minimum Gasteiger partial charge on any atom is -0.464 e. The van der Waals surface area contributed by atoms with Crippen LogP contribution in [-0.4, -0.2) is 0 Å². The van der Waals surface area contributed by atoms with Gasteiger partial charge in [-0.2, -0.15) is 0 Å². The molecule has 1 aromatic carbocycles. The summed E-state index contributed by atoms with van der Waals surface area (Å²) in [5.41, 5.74) is 3.72. The number of rotatable bonds is 2. The minimum absolute atomic E-state index is 1.00. The molecule has 2 rings (SSSR count). The third-order valence-corrected chi connectivity index (χ3v) is 2.56. The zero-order valence-corrected chi connectivity index (χ0v) is 8.58. The summed E-state index contributed by atoms with van der Waals surface area (Å²) in [6.45, 7) is 4.26. The van der Waals surface area contributed by atoms with Crippen molar-refractivity contribution in [3.63, 3.8) is 0 Å². The molecule has 1 aromatic heterocycles. The number of aryl methyl sites for hydroxylation is 1. The van der Waals surface area contributed by atoms with Gasteiger partial charge in [-0.3, -0.25) is 0 Å². The van der Waals surface area contributed by atoms with Crippen LogP contribution < -0.4 is 0 Å². The van der Waals surface area contributed by atoms with E-state index in [2.05, 4.69) is 26.0 Å². The summed E-state index contributed by atoms with van der Waals surface area (Å²) in [7, 11) is 0. The zero-order valence-electron chi connectivity index (χ0n) is 8.58. The maximum atomic E-state index is 5.57. The fourth-order valence-corrected chi connectivity index (χ4v) is 1.68. The van der Waals surface area contributed by atoms with Gasteiger partial charge in [0, 0.05) is 5.56 Å². The molecule has 0 saturated carbocycles. The highest BCUT2D eigenvalue weighted by molar-refractivity contribution is 5.62. The summed E-state index contributed by atoms with van der Waals surface area (Å²) >= 11 is 0. The van der Waals surface area contributed by atoms with Crippen LogP contribution in [0.2, 0.25) is 0 Å². The van der Waals surface area contributed by atoms with Crippen LogP contribution in [0.3, 0.4) is 0 Å². The highest BCUT2D eigenvalue weighted by Gasteiger charge is 2.08. The van der Waals surface area contributed by atoms with Crippen molar-refractivity contribution in [3.05, 3.63) is 47.7 Å². The van der Waals surface area contributed by atoms with Crippen molar-refractivity contribution in [1.29, 1.82) is 0 Å². The van der Waals surface area contributed by atoms with Gasteiger partial charge >= 0.3 is 0 Å². The van der Waals surface area contributed by atoms with E-state index >= 15 is 0 Å². The molecule has 14 heavy (non-hydrogen) atoms. The van der Waals surface area contributed by atoms with E-state index in [0.717, 1.165) is 17.7 Å². The maximum absolute atomic E-state index is 5.57. The van der Waals surface area contributed by atoms with E-state index in [1.54, 1.807) is 0 Å². The second-order valence-corrected chi connectivity index (χ2v) is 3.43. The summed E-state index contributed by atoms with van der Waals surface area (Å²) in [6, 6.07) is 10.2. The predicted molar refractivity (Wildman–Crippen MR) is 58.3 cm³/mol. The van der Waals surface area contributed by atoms with E-state index in [-0.39, 0.29) is 0 Å². The van der Waals surface area contributed by atoms with Gasteiger partial charge in [-0.1, -0.05) is 37.3 Å². The molecule has 1 heterocycles. The molecule has 0 bridgehead atoms. The molecule has 0 spiro atoms. The van der Waals surface area contributed by atoms with E-state index < -0.39 is 0 Å². The molecule has 0 unspecified atom stereocenters. The van der Waals surface area contributed by atoms with Gasteiger partial charge in [-0.05, 0) is 24.5 Å². The molecule has 0 aliphatic heterocycles. The van der Waals surface area contributed by atoms with Gasteiger partial charge in [0.1, 0.15) is 5.76 Å². The first-order chi connectivity index (χ1) is 6.83. The van der Waals surface area contributed by atoms with Crippen LogP contribution in [0.5, 0.6) is 0 Å². The van der Waals surface area contributed by atoms with Gasteiger partial charge in [-0.25, -0.2) is 0 Å². The van der Waals surface area contributed by atoms with Crippen LogP contribution in [0.25, 0.3) is 11.3 Å².